The Morgan fingerprint density at radius 3 is 2.35 bits per heavy atom. The molecule has 0 spiro atoms. The van der Waals surface area contributed by atoms with Crippen molar-refractivity contribution in [3.8, 4) is 0 Å². The van der Waals surface area contributed by atoms with E-state index in [0.29, 0.717) is 17.7 Å². The SMILES string of the molecule is NCC1CCN(C(=O)CC2CCCCCC2)C1. The van der Waals surface area contributed by atoms with Crippen molar-refractivity contribution < 1.29 is 4.79 Å². The molecule has 1 amide bonds. The molecule has 0 aromatic carbocycles. The van der Waals surface area contributed by atoms with Crippen molar-refractivity contribution in [1.82, 2.24) is 4.90 Å². The lowest BCUT2D eigenvalue weighted by Gasteiger charge is -2.20. The number of nitrogens with zero attached hydrogens (tertiary/aromatic N) is 1. The van der Waals surface area contributed by atoms with Crippen LogP contribution in [0.3, 0.4) is 0 Å². The van der Waals surface area contributed by atoms with Gasteiger partial charge in [-0.2, -0.15) is 0 Å². The summed E-state index contributed by atoms with van der Waals surface area (Å²) in [6.45, 7) is 2.57. The lowest BCUT2D eigenvalue weighted by atomic mass is 9.96. The number of amides is 1. The zero-order valence-corrected chi connectivity index (χ0v) is 10.9. The van der Waals surface area contributed by atoms with E-state index >= 15 is 0 Å². The summed E-state index contributed by atoms with van der Waals surface area (Å²) in [7, 11) is 0. The normalized spacial score (nSPS) is 27.1. The van der Waals surface area contributed by atoms with Gasteiger partial charge in [0.25, 0.3) is 0 Å². The third-order valence-corrected chi connectivity index (χ3v) is 4.41. The summed E-state index contributed by atoms with van der Waals surface area (Å²) in [5.41, 5.74) is 5.66. The number of hydrogen-bond donors (Lipinski definition) is 1. The zero-order valence-electron chi connectivity index (χ0n) is 10.9. The van der Waals surface area contributed by atoms with Crippen LogP contribution >= 0.6 is 0 Å². The molecule has 1 saturated carbocycles. The van der Waals surface area contributed by atoms with Crippen LogP contribution in [0.15, 0.2) is 0 Å². The second-order valence-corrected chi connectivity index (χ2v) is 5.79. The minimum absolute atomic E-state index is 0.382. The lowest BCUT2D eigenvalue weighted by molar-refractivity contribution is -0.131. The van der Waals surface area contributed by atoms with Crippen LogP contribution in [0, 0.1) is 11.8 Å². The van der Waals surface area contributed by atoms with Crippen LogP contribution in [0.4, 0.5) is 0 Å². The van der Waals surface area contributed by atoms with Gasteiger partial charge in [0.15, 0.2) is 0 Å². The Labute approximate surface area is 105 Å². The summed E-state index contributed by atoms with van der Waals surface area (Å²) in [5, 5.41) is 0. The van der Waals surface area contributed by atoms with Crippen LogP contribution < -0.4 is 5.73 Å². The first-order chi connectivity index (χ1) is 8.29. The molecule has 1 saturated heterocycles. The largest absolute Gasteiger partial charge is 0.342 e. The second-order valence-electron chi connectivity index (χ2n) is 5.79. The minimum Gasteiger partial charge on any atom is -0.342 e. The Balaban J connectivity index is 1.76. The molecule has 2 N–H and O–H groups in total. The summed E-state index contributed by atoms with van der Waals surface area (Å²) < 4.78 is 0. The van der Waals surface area contributed by atoms with Gasteiger partial charge in [-0.3, -0.25) is 4.79 Å². The molecule has 0 aromatic rings. The van der Waals surface area contributed by atoms with E-state index in [4.69, 9.17) is 5.73 Å². The van der Waals surface area contributed by atoms with E-state index in [2.05, 4.69) is 0 Å². The number of nitrogens with two attached hydrogens (primary N) is 1. The van der Waals surface area contributed by atoms with Crippen molar-refractivity contribution in [2.75, 3.05) is 19.6 Å². The third-order valence-electron chi connectivity index (χ3n) is 4.41. The fourth-order valence-electron chi connectivity index (χ4n) is 3.20. The predicted molar refractivity (Wildman–Crippen MR) is 69.6 cm³/mol. The topological polar surface area (TPSA) is 46.3 Å². The predicted octanol–water partition coefficient (Wildman–Crippen LogP) is 2.15. The molecule has 1 aliphatic heterocycles. The quantitative estimate of drug-likeness (QED) is 0.766. The number of rotatable bonds is 3. The highest BCUT2D eigenvalue weighted by Crippen LogP contribution is 2.27. The van der Waals surface area contributed by atoms with Crippen molar-refractivity contribution in [2.45, 2.75) is 51.4 Å². The van der Waals surface area contributed by atoms with Crippen LogP contribution in [0.25, 0.3) is 0 Å². The summed E-state index contributed by atoms with van der Waals surface area (Å²) in [5.74, 6) is 1.59. The van der Waals surface area contributed by atoms with Crippen LogP contribution in [0.5, 0.6) is 0 Å². The molecule has 1 heterocycles. The van der Waals surface area contributed by atoms with E-state index in [1.54, 1.807) is 0 Å². The van der Waals surface area contributed by atoms with Crippen molar-refractivity contribution in [3.63, 3.8) is 0 Å². The maximum atomic E-state index is 12.2. The van der Waals surface area contributed by atoms with Gasteiger partial charge in [0.1, 0.15) is 0 Å². The molecule has 0 radical (unpaired) electrons. The molecule has 0 aromatic heterocycles. The molecule has 1 unspecified atom stereocenters. The Hall–Kier alpha value is -0.570. The van der Waals surface area contributed by atoms with E-state index in [1.165, 1.54) is 38.5 Å². The Morgan fingerprint density at radius 1 is 1.06 bits per heavy atom. The molecule has 3 nitrogen and oxygen atoms in total. The van der Waals surface area contributed by atoms with Gasteiger partial charge in [-0.05, 0) is 37.6 Å². The number of likely N-dealkylation sites (tertiary alicyclic amines) is 1. The average Bonchev–Trinajstić information content (AvgIpc) is 2.68. The van der Waals surface area contributed by atoms with Gasteiger partial charge in [-0.25, -0.2) is 0 Å². The Bertz CT molecular complexity index is 247. The molecule has 3 heteroatoms. The summed E-state index contributed by atoms with van der Waals surface area (Å²) in [4.78, 5) is 14.2. The molecule has 1 aliphatic carbocycles. The fraction of sp³-hybridized carbons (Fsp3) is 0.929. The summed E-state index contributed by atoms with van der Waals surface area (Å²) in [6.07, 6.45) is 9.80. The molecular formula is C14H26N2O. The van der Waals surface area contributed by atoms with Gasteiger partial charge in [0.2, 0.25) is 5.91 Å². The monoisotopic (exact) mass is 238 g/mol. The van der Waals surface area contributed by atoms with Crippen LogP contribution in [0.1, 0.15) is 51.4 Å². The van der Waals surface area contributed by atoms with Crippen molar-refractivity contribution in [1.29, 1.82) is 0 Å². The molecule has 2 aliphatic rings. The van der Waals surface area contributed by atoms with Gasteiger partial charge in [-0.1, -0.05) is 25.7 Å². The highest BCUT2D eigenvalue weighted by molar-refractivity contribution is 5.76. The smallest absolute Gasteiger partial charge is 0.222 e. The standard InChI is InChI=1S/C14H26N2O/c15-10-13-7-8-16(11-13)14(17)9-12-5-3-1-2-4-6-12/h12-13H,1-11,15H2. The van der Waals surface area contributed by atoms with Gasteiger partial charge in [0.05, 0.1) is 0 Å². The van der Waals surface area contributed by atoms with E-state index in [-0.39, 0.29) is 0 Å². The summed E-state index contributed by atoms with van der Waals surface area (Å²) in [6, 6.07) is 0. The maximum absolute atomic E-state index is 12.2. The van der Waals surface area contributed by atoms with Crippen molar-refractivity contribution in [3.05, 3.63) is 0 Å². The highest BCUT2D eigenvalue weighted by Gasteiger charge is 2.26. The second kappa shape index (κ2) is 6.39. The lowest BCUT2D eigenvalue weighted by Crippen LogP contribution is -2.31. The van der Waals surface area contributed by atoms with E-state index in [0.717, 1.165) is 32.5 Å². The van der Waals surface area contributed by atoms with Crippen LogP contribution in [0.2, 0.25) is 0 Å². The van der Waals surface area contributed by atoms with Crippen molar-refractivity contribution >= 4 is 5.91 Å². The van der Waals surface area contributed by atoms with Crippen LogP contribution in [-0.4, -0.2) is 30.4 Å². The molecule has 17 heavy (non-hydrogen) atoms. The Kier molecular flexibility index (Phi) is 4.84. The van der Waals surface area contributed by atoms with Crippen molar-refractivity contribution in [2.24, 2.45) is 17.6 Å². The molecule has 0 bridgehead atoms. The molecular weight excluding hydrogens is 212 g/mol. The number of carbonyl (C=O) groups excluding carboxylic acids is 1. The maximum Gasteiger partial charge on any atom is 0.222 e. The Morgan fingerprint density at radius 2 is 1.76 bits per heavy atom. The number of hydrogen-bond acceptors (Lipinski definition) is 2. The first-order valence-corrected chi connectivity index (χ1v) is 7.27. The zero-order chi connectivity index (χ0) is 12.1. The molecule has 1 atom stereocenters. The average molecular weight is 238 g/mol. The molecule has 2 rings (SSSR count). The summed E-state index contributed by atoms with van der Waals surface area (Å²) >= 11 is 0. The van der Waals surface area contributed by atoms with Gasteiger partial charge >= 0.3 is 0 Å². The van der Waals surface area contributed by atoms with E-state index < -0.39 is 0 Å². The third kappa shape index (κ3) is 3.70. The van der Waals surface area contributed by atoms with E-state index in [9.17, 15) is 4.79 Å². The van der Waals surface area contributed by atoms with Crippen LogP contribution in [-0.2, 0) is 4.79 Å². The van der Waals surface area contributed by atoms with E-state index in [1.807, 2.05) is 4.90 Å². The molecule has 2 fully saturated rings. The number of carbonyl (C=O) groups is 1. The first kappa shape index (κ1) is 12.9. The molecule has 98 valence electrons. The highest BCUT2D eigenvalue weighted by atomic mass is 16.2. The van der Waals surface area contributed by atoms with Gasteiger partial charge < -0.3 is 10.6 Å². The minimum atomic E-state index is 0.382. The van der Waals surface area contributed by atoms with Gasteiger partial charge in [0, 0.05) is 19.5 Å². The fourth-order valence-corrected chi connectivity index (χ4v) is 3.20. The van der Waals surface area contributed by atoms with Gasteiger partial charge in [-0.15, -0.1) is 0 Å². The first-order valence-electron chi connectivity index (χ1n) is 7.27.